The molecule has 0 saturated carbocycles. The Balaban J connectivity index is 1.59. The lowest BCUT2D eigenvalue weighted by atomic mass is 10.1. The summed E-state index contributed by atoms with van der Waals surface area (Å²) >= 11 is 12.6. The lowest BCUT2D eigenvalue weighted by Crippen LogP contribution is -2.11. The van der Waals surface area contributed by atoms with E-state index in [1.807, 2.05) is 43.3 Å². The Morgan fingerprint density at radius 2 is 1.48 bits per heavy atom. The number of halogens is 2. The minimum absolute atomic E-state index is 0.409. The highest BCUT2D eigenvalue weighted by Gasteiger charge is 2.18. The lowest BCUT2D eigenvalue weighted by Gasteiger charge is -2.09. The van der Waals surface area contributed by atoms with Crippen molar-refractivity contribution in [2.75, 3.05) is 6.61 Å². The van der Waals surface area contributed by atoms with Gasteiger partial charge in [-0.1, -0.05) is 23.2 Å². The first-order valence-electron chi connectivity index (χ1n) is 9.79. The molecule has 31 heavy (non-hydrogen) atoms. The number of hydrogen-bond donors (Lipinski definition) is 2. The molecule has 154 valence electrons. The first-order chi connectivity index (χ1) is 15.1. The predicted octanol–water partition coefficient (Wildman–Crippen LogP) is 5.64. The van der Waals surface area contributed by atoms with Gasteiger partial charge in [0, 0.05) is 42.6 Å². The number of H-pyrrole nitrogens is 2. The first kappa shape index (κ1) is 18.5. The summed E-state index contributed by atoms with van der Waals surface area (Å²) < 4.78 is 8.05. The van der Waals surface area contributed by atoms with E-state index in [2.05, 4.69) is 31.6 Å². The Kier molecular flexibility index (Phi) is 4.09. The van der Waals surface area contributed by atoms with Gasteiger partial charge in [-0.3, -0.25) is 0 Å². The Bertz CT molecular complexity index is 1520. The third-order valence-electron chi connectivity index (χ3n) is 5.60. The third-order valence-corrected chi connectivity index (χ3v) is 6.08. The molecular formula is C22H16Cl2N6O. The second-order valence-corrected chi connectivity index (χ2v) is 8.35. The summed E-state index contributed by atoms with van der Waals surface area (Å²) in [6.07, 6.45) is 0. The highest BCUT2D eigenvalue weighted by molar-refractivity contribution is 6.33. The molecule has 0 unspecified atom stereocenters. The van der Waals surface area contributed by atoms with Gasteiger partial charge in [0.15, 0.2) is 5.75 Å². The Labute approximate surface area is 185 Å². The zero-order valence-corrected chi connectivity index (χ0v) is 17.9. The van der Waals surface area contributed by atoms with E-state index in [1.165, 1.54) is 0 Å². The van der Waals surface area contributed by atoms with Crippen molar-refractivity contribution in [1.29, 1.82) is 0 Å². The molecule has 0 atom stereocenters. The van der Waals surface area contributed by atoms with Gasteiger partial charge in [0.05, 0.1) is 17.6 Å². The van der Waals surface area contributed by atoms with Crippen LogP contribution in [0.3, 0.4) is 0 Å². The fraction of sp³-hybridized carbons (Fsp3) is 0.136. The van der Waals surface area contributed by atoms with E-state index >= 15 is 0 Å². The van der Waals surface area contributed by atoms with Crippen LogP contribution in [-0.4, -0.2) is 36.8 Å². The zero-order valence-electron chi connectivity index (χ0n) is 16.4. The van der Waals surface area contributed by atoms with E-state index in [0.29, 0.717) is 23.2 Å². The molecule has 0 bridgehead atoms. The number of aromatic amines is 2. The number of fused-ring (bicyclic) bond motifs is 6. The highest BCUT2D eigenvalue weighted by Crippen LogP contribution is 2.41. The first-order valence-corrected chi connectivity index (χ1v) is 10.5. The maximum absolute atomic E-state index is 6.34. The Morgan fingerprint density at radius 1 is 0.871 bits per heavy atom. The summed E-state index contributed by atoms with van der Waals surface area (Å²) in [4.78, 5) is 7.00. The number of tetrazole rings is 1. The molecule has 3 aromatic carbocycles. The van der Waals surface area contributed by atoms with Gasteiger partial charge in [0.25, 0.3) is 0 Å². The van der Waals surface area contributed by atoms with E-state index in [9.17, 15) is 0 Å². The third kappa shape index (κ3) is 2.92. The number of nitrogens with one attached hydrogen (secondary N) is 2. The molecule has 7 nitrogen and oxygen atoms in total. The smallest absolute Gasteiger partial charge is 0.167 e. The van der Waals surface area contributed by atoms with Crippen molar-refractivity contribution >= 4 is 66.8 Å². The van der Waals surface area contributed by atoms with Crippen LogP contribution < -0.4 is 4.74 Å². The van der Waals surface area contributed by atoms with Gasteiger partial charge >= 0.3 is 0 Å². The van der Waals surface area contributed by atoms with E-state index in [4.69, 9.17) is 27.9 Å². The minimum Gasteiger partial charge on any atom is -0.487 e. The molecule has 9 heteroatoms. The number of aromatic nitrogens is 6. The molecule has 6 rings (SSSR count). The van der Waals surface area contributed by atoms with Gasteiger partial charge in [-0.2, -0.15) is 0 Å². The SMILES string of the molecule is Cc1nnnn1CCOc1c2[nH]c3ccc(Cl)cc3c2cc2c1[nH]c1ccc(Cl)cc12. The Hall–Kier alpha value is -3.29. The molecule has 0 aliphatic heterocycles. The summed E-state index contributed by atoms with van der Waals surface area (Å²) in [6, 6.07) is 13.8. The van der Waals surface area contributed by atoms with Crippen LogP contribution in [0.2, 0.25) is 10.0 Å². The lowest BCUT2D eigenvalue weighted by molar-refractivity contribution is 0.293. The number of ether oxygens (including phenoxy) is 1. The van der Waals surface area contributed by atoms with Gasteiger partial charge in [-0.05, 0) is 59.8 Å². The molecule has 3 heterocycles. The summed E-state index contributed by atoms with van der Waals surface area (Å²) in [5.74, 6) is 1.49. The number of aryl methyl sites for hydroxylation is 1. The largest absolute Gasteiger partial charge is 0.487 e. The number of hydrogen-bond acceptors (Lipinski definition) is 4. The van der Waals surface area contributed by atoms with Gasteiger partial charge < -0.3 is 14.7 Å². The van der Waals surface area contributed by atoms with E-state index < -0.39 is 0 Å². The molecule has 0 saturated heterocycles. The van der Waals surface area contributed by atoms with Crippen molar-refractivity contribution in [3.05, 3.63) is 58.3 Å². The predicted molar refractivity (Wildman–Crippen MR) is 123 cm³/mol. The number of benzene rings is 3. The van der Waals surface area contributed by atoms with E-state index in [-0.39, 0.29) is 0 Å². The van der Waals surface area contributed by atoms with Crippen molar-refractivity contribution in [2.24, 2.45) is 0 Å². The number of nitrogens with zero attached hydrogens (tertiary/aromatic N) is 4. The van der Waals surface area contributed by atoms with Crippen LogP contribution >= 0.6 is 23.2 Å². The molecule has 3 aromatic heterocycles. The fourth-order valence-corrected chi connectivity index (χ4v) is 4.48. The van der Waals surface area contributed by atoms with Crippen molar-refractivity contribution in [1.82, 2.24) is 30.2 Å². The molecule has 0 spiro atoms. The summed E-state index contributed by atoms with van der Waals surface area (Å²) in [5.41, 5.74) is 3.82. The van der Waals surface area contributed by atoms with Crippen molar-refractivity contribution in [3.8, 4) is 5.75 Å². The van der Waals surface area contributed by atoms with Crippen LogP contribution in [0.15, 0.2) is 42.5 Å². The summed E-state index contributed by atoms with van der Waals surface area (Å²) in [7, 11) is 0. The number of rotatable bonds is 4. The maximum Gasteiger partial charge on any atom is 0.167 e. The fourth-order valence-electron chi connectivity index (χ4n) is 4.13. The maximum atomic E-state index is 6.34. The summed E-state index contributed by atoms with van der Waals surface area (Å²) in [6.45, 7) is 2.81. The zero-order chi connectivity index (χ0) is 21.1. The molecule has 0 radical (unpaired) electrons. The van der Waals surface area contributed by atoms with Crippen LogP contribution in [0.4, 0.5) is 0 Å². The standard InChI is InChI=1S/C22H16Cl2N6O/c1-11-27-28-29-30(11)6-7-31-22-20-16(14-8-12(23)2-4-18(14)25-20)10-17-15-9-13(24)3-5-19(15)26-21(17)22/h2-5,8-10,25-26H,6-7H2,1H3. The van der Waals surface area contributed by atoms with Gasteiger partial charge in [0.2, 0.25) is 0 Å². The second-order valence-electron chi connectivity index (χ2n) is 7.48. The molecule has 2 N–H and O–H groups in total. The summed E-state index contributed by atoms with van der Waals surface area (Å²) in [5, 5.41) is 17.2. The van der Waals surface area contributed by atoms with E-state index in [0.717, 1.165) is 55.2 Å². The van der Waals surface area contributed by atoms with E-state index in [1.54, 1.807) is 4.68 Å². The minimum atomic E-state index is 0.409. The Morgan fingerprint density at radius 3 is 2.03 bits per heavy atom. The molecule has 0 aliphatic rings. The van der Waals surface area contributed by atoms with Gasteiger partial charge in [0.1, 0.15) is 12.4 Å². The second kappa shape index (κ2) is 6.87. The van der Waals surface area contributed by atoms with Crippen LogP contribution in [0, 0.1) is 6.92 Å². The average Bonchev–Trinajstić information content (AvgIpc) is 3.43. The van der Waals surface area contributed by atoms with Crippen LogP contribution in [-0.2, 0) is 6.54 Å². The molecule has 6 aromatic rings. The molecular weight excluding hydrogens is 435 g/mol. The van der Waals surface area contributed by atoms with Crippen LogP contribution in [0.25, 0.3) is 43.6 Å². The molecule has 0 amide bonds. The quantitative estimate of drug-likeness (QED) is 0.364. The normalized spacial score (nSPS) is 12.0. The monoisotopic (exact) mass is 450 g/mol. The van der Waals surface area contributed by atoms with Crippen molar-refractivity contribution in [2.45, 2.75) is 13.5 Å². The average molecular weight is 451 g/mol. The molecule has 0 aliphatic carbocycles. The molecule has 0 fully saturated rings. The van der Waals surface area contributed by atoms with Crippen LogP contribution in [0.1, 0.15) is 5.82 Å². The van der Waals surface area contributed by atoms with Gasteiger partial charge in [-0.25, -0.2) is 4.68 Å². The van der Waals surface area contributed by atoms with Crippen LogP contribution in [0.5, 0.6) is 5.75 Å². The highest BCUT2D eigenvalue weighted by atomic mass is 35.5. The van der Waals surface area contributed by atoms with Gasteiger partial charge in [-0.15, -0.1) is 5.10 Å². The van der Waals surface area contributed by atoms with Crippen molar-refractivity contribution in [3.63, 3.8) is 0 Å². The van der Waals surface area contributed by atoms with Crippen molar-refractivity contribution < 1.29 is 4.74 Å². The topological polar surface area (TPSA) is 84.4 Å².